The van der Waals surface area contributed by atoms with E-state index in [1.807, 2.05) is 0 Å². The molecule has 3 N–H and O–H groups in total. The van der Waals surface area contributed by atoms with Crippen LogP contribution in [-0.2, 0) is 65.4 Å². The second-order valence-corrected chi connectivity index (χ2v) is 26.8. The molecule has 0 bridgehead atoms. The van der Waals surface area contributed by atoms with Crippen molar-refractivity contribution in [2.75, 3.05) is 39.6 Å². The molecule has 19 heteroatoms. The van der Waals surface area contributed by atoms with E-state index < -0.39 is 97.5 Å². The fourth-order valence-corrected chi connectivity index (χ4v) is 11.6. The molecular weight excluding hydrogens is 1130 g/mol. The van der Waals surface area contributed by atoms with Crippen LogP contribution in [0.25, 0.3) is 0 Å². The highest BCUT2D eigenvalue weighted by molar-refractivity contribution is 7.47. The number of esters is 4. The Morgan fingerprint density at radius 1 is 0.282 bits per heavy atom. The van der Waals surface area contributed by atoms with Crippen LogP contribution in [0.1, 0.15) is 342 Å². The second-order valence-electron chi connectivity index (χ2n) is 23.9. The van der Waals surface area contributed by atoms with Gasteiger partial charge in [-0.05, 0) is 25.7 Å². The van der Waals surface area contributed by atoms with Gasteiger partial charge in [-0.3, -0.25) is 37.3 Å². The van der Waals surface area contributed by atoms with E-state index >= 15 is 0 Å². The molecule has 17 nitrogen and oxygen atoms in total. The van der Waals surface area contributed by atoms with E-state index in [4.69, 9.17) is 37.0 Å². The van der Waals surface area contributed by atoms with Gasteiger partial charge < -0.3 is 33.8 Å². The summed E-state index contributed by atoms with van der Waals surface area (Å²) in [6.07, 6.45) is 47.0. The average molecular weight is 1260 g/mol. The first-order valence-corrected chi connectivity index (χ1v) is 37.8. The van der Waals surface area contributed by atoms with Crippen molar-refractivity contribution >= 4 is 39.5 Å². The lowest BCUT2D eigenvalue weighted by Gasteiger charge is -2.21. The van der Waals surface area contributed by atoms with Crippen LogP contribution in [0.4, 0.5) is 0 Å². The minimum absolute atomic E-state index is 0.107. The van der Waals surface area contributed by atoms with Gasteiger partial charge in [-0.1, -0.05) is 291 Å². The van der Waals surface area contributed by atoms with Gasteiger partial charge in [0.15, 0.2) is 12.2 Å². The molecule has 0 aromatic heterocycles. The third-order valence-corrected chi connectivity index (χ3v) is 17.3. The van der Waals surface area contributed by atoms with Crippen LogP contribution in [0.2, 0.25) is 0 Å². The predicted octanol–water partition coefficient (Wildman–Crippen LogP) is 18.7. The van der Waals surface area contributed by atoms with Gasteiger partial charge in [0, 0.05) is 25.7 Å². The molecule has 0 fully saturated rings. The molecular formula is C66H128O17P2. The van der Waals surface area contributed by atoms with E-state index in [-0.39, 0.29) is 25.7 Å². The first-order chi connectivity index (χ1) is 41.2. The van der Waals surface area contributed by atoms with Crippen molar-refractivity contribution in [2.24, 2.45) is 0 Å². The first-order valence-electron chi connectivity index (χ1n) is 34.8. The lowest BCUT2D eigenvalue weighted by Crippen LogP contribution is -2.30. The molecule has 0 aliphatic heterocycles. The topological polar surface area (TPSA) is 237 Å². The van der Waals surface area contributed by atoms with Crippen LogP contribution >= 0.6 is 15.6 Å². The van der Waals surface area contributed by atoms with Gasteiger partial charge in [0.2, 0.25) is 0 Å². The smallest absolute Gasteiger partial charge is 0.462 e. The van der Waals surface area contributed by atoms with Crippen molar-refractivity contribution in [3.8, 4) is 0 Å². The number of rotatable bonds is 67. The average Bonchev–Trinajstić information content (AvgIpc) is 3.58. The monoisotopic (exact) mass is 1250 g/mol. The highest BCUT2D eigenvalue weighted by atomic mass is 31.2. The number of carbonyl (C=O) groups excluding carboxylic acids is 4. The summed E-state index contributed by atoms with van der Waals surface area (Å²) in [7, 11) is -9.89. The number of hydrogen-bond acceptors (Lipinski definition) is 15. The normalized spacial score (nSPS) is 14.1. The SMILES string of the molecule is CCCCCCCCCCCCCCCCCC(=O)O[C@H](COC(=O)CCCCCCCCCCCC)COP(=O)(O)OC[C@@H](O)COP(=O)(O)OC[C@@H](COC(=O)CCCCCCCCCCCC)OC(=O)CCCCCCCCCCCC. The van der Waals surface area contributed by atoms with Crippen LogP contribution < -0.4 is 0 Å². The summed E-state index contributed by atoms with van der Waals surface area (Å²) in [6, 6.07) is 0. The maximum atomic E-state index is 13.0. The number of ether oxygens (including phenoxy) is 4. The molecule has 0 heterocycles. The van der Waals surface area contributed by atoms with Crippen molar-refractivity contribution in [3.63, 3.8) is 0 Å². The summed E-state index contributed by atoms with van der Waals surface area (Å²) >= 11 is 0. The van der Waals surface area contributed by atoms with Gasteiger partial charge in [-0.2, -0.15) is 0 Å². The molecule has 0 aliphatic rings. The summed E-state index contributed by atoms with van der Waals surface area (Å²) in [4.78, 5) is 72.3. The van der Waals surface area contributed by atoms with E-state index in [2.05, 4.69) is 27.7 Å². The molecule has 0 radical (unpaired) electrons. The highest BCUT2D eigenvalue weighted by Crippen LogP contribution is 2.45. The Bertz CT molecular complexity index is 1640. The van der Waals surface area contributed by atoms with Gasteiger partial charge in [0.1, 0.15) is 19.3 Å². The number of hydrogen-bond donors (Lipinski definition) is 3. The molecule has 2 unspecified atom stereocenters. The zero-order valence-electron chi connectivity index (χ0n) is 54.6. The van der Waals surface area contributed by atoms with Crippen molar-refractivity contribution < 1.29 is 80.2 Å². The van der Waals surface area contributed by atoms with Gasteiger partial charge in [-0.15, -0.1) is 0 Å². The van der Waals surface area contributed by atoms with Gasteiger partial charge in [0.05, 0.1) is 26.4 Å². The number of aliphatic hydroxyl groups is 1. The van der Waals surface area contributed by atoms with Crippen molar-refractivity contribution in [1.82, 2.24) is 0 Å². The predicted molar refractivity (Wildman–Crippen MR) is 340 cm³/mol. The third-order valence-electron chi connectivity index (χ3n) is 15.4. The molecule has 0 aromatic carbocycles. The van der Waals surface area contributed by atoms with Crippen LogP contribution in [-0.4, -0.2) is 96.7 Å². The number of phosphoric acid groups is 2. The van der Waals surface area contributed by atoms with Gasteiger partial charge >= 0.3 is 39.5 Å². The molecule has 0 saturated carbocycles. The van der Waals surface area contributed by atoms with Crippen LogP contribution in [0.3, 0.4) is 0 Å². The van der Waals surface area contributed by atoms with E-state index in [0.29, 0.717) is 25.7 Å². The Labute approximate surface area is 517 Å². The summed E-state index contributed by atoms with van der Waals surface area (Å²) in [6.45, 7) is 4.89. The summed E-state index contributed by atoms with van der Waals surface area (Å²) in [5.41, 5.74) is 0. The van der Waals surface area contributed by atoms with E-state index in [0.717, 1.165) is 89.9 Å². The van der Waals surface area contributed by atoms with Crippen molar-refractivity contribution in [2.45, 2.75) is 361 Å². The summed E-state index contributed by atoms with van der Waals surface area (Å²) in [5.74, 6) is -2.13. The van der Waals surface area contributed by atoms with Crippen molar-refractivity contribution in [1.29, 1.82) is 0 Å². The van der Waals surface area contributed by atoms with E-state index in [1.54, 1.807) is 0 Å². The Morgan fingerprint density at radius 2 is 0.471 bits per heavy atom. The van der Waals surface area contributed by atoms with E-state index in [1.165, 1.54) is 173 Å². The van der Waals surface area contributed by atoms with Crippen LogP contribution in [0.15, 0.2) is 0 Å². The Balaban J connectivity index is 5.22. The molecule has 0 aliphatic carbocycles. The summed E-state index contributed by atoms with van der Waals surface area (Å²) in [5, 5.41) is 10.5. The lowest BCUT2D eigenvalue weighted by molar-refractivity contribution is -0.161. The zero-order valence-corrected chi connectivity index (χ0v) is 56.4. The molecule has 0 aromatic rings. The largest absolute Gasteiger partial charge is 0.472 e. The Kier molecular flexibility index (Phi) is 59.6. The van der Waals surface area contributed by atoms with Gasteiger partial charge in [0.25, 0.3) is 0 Å². The summed E-state index contributed by atoms with van der Waals surface area (Å²) < 4.78 is 68.1. The third kappa shape index (κ3) is 60.7. The quantitative estimate of drug-likeness (QED) is 0.0222. The van der Waals surface area contributed by atoms with Crippen LogP contribution in [0.5, 0.6) is 0 Å². The van der Waals surface area contributed by atoms with E-state index in [9.17, 15) is 43.2 Å². The Hall–Kier alpha value is -1.94. The molecule has 85 heavy (non-hydrogen) atoms. The molecule has 5 atom stereocenters. The number of phosphoric ester groups is 2. The Morgan fingerprint density at radius 3 is 0.694 bits per heavy atom. The number of aliphatic hydroxyl groups excluding tert-OH is 1. The number of unbranched alkanes of at least 4 members (excludes halogenated alkanes) is 41. The molecule has 0 amide bonds. The van der Waals surface area contributed by atoms with Crippen LogP contribution in [0, 0.1) is 0 Å². The second kappa shape index (κ2) is 60.9. The fraction of sp³-hybridized carbons (Fsp3) is 0.939. The minimum atomic E-state index is -4.94. The minimum Gasteiger partial charge on any atom is -0.462 e. The molecule has 0 saturated heterocycles. The molecule has 0 spiro atoms. The lowest BCUT2D eigenvalue weighted by atomic mass is 10.0. The first kappa shape index (κ1) is 83.1. The standard InChI is InChI=1S/C66H128O17P2/c1-5-9-13-17-21-25-29-30-31-32-33-37-41-45-49-53-66(71)83-62(57-77-64(69)51-47-43-39-35-27-23-19-15-11-7-3)59-81-85(74,75)79-55-60(67)54-78-84(72,73)80-58-61(82-65(70)52-48-44-40-36-28-24-20-16-12-8-4)56-76-63(68)50-46-42-38-34-26-22-18-14-10-6-2/h60-62,67H,5-59H2,1-4H3,(H,72,73)(H,74,75)/t60-,61+,62+/m0/s1. The van der Waals surface area contributed by atoms with Crippen molar-refractivity contribution in [3.05, 3.63) is 0 Å². The molecule has 504 valence electrons. The fourth-order valence-electron chi connectivity index (χ4n) is 9.99. The molecule has 0 rings (SSSR count). The highest BCUT2D eigenvalue weighted by Gasteiger charge is 2.30. The maximum Gasteiger partial charge on any atom is 0.472 e. The number of carbonyl (C=O) groups is 4. The zero-order chi connectivity index (χ0) is 62.6. The maximum absolute atomic E-state index is 13.0. The van der Waals surface area contributed by atoms with Gasteiger partial charge in [-0.25, -0.2) is 9.13 Å².